The number of carboxylic acids is 4. The largest absolute Gasteiger partial charge is 0.481 e. The maximum atomic E-state index is 13.6. The first kappa shape index (κ1) is 74.0. The van der Waals surface area contributed by atoms with Crippen molar-refractivity contribution in [3.05, 3.63) is 0 Å². The van der Waals surface area contributed by atoms with E-state index in [1.54, 1.807) is 5.32 Å². The highest BCUT2D eigenvalue weighted by atomic mass is 16.4. The van der Waals surface area contributed by atoms with Crippen molar-refractivity contribution in [3.63, 3.8) is 0 Å². The third kappa shape index (κ3) is 25.2. The van der Waals surface area contributed by atoms with Crippen molar-refractivity contribution < 1.29 is 117 Å². The lowest BCUT2D eigenvalue weighted by Gasteiger charge is -2.29. The van der Waals surface area contributed by atoms with Gasteiger partial charge >= 0.3 is 23.9 Å². The SMILES string of the molecule is C[C@H](NC(=O)[C@H](C)NC(=O)[C@H](CC(N)=O)NC(=O)[C@H](CC(N)=O)NC(=O)[C@H](CO)NC(=O)[C@H](CC(N)=O)NC(=O)[C@H](CC(N)=O)NC(=O)[C@@H]1CCCN1C(=O)[C@@H]1CCCN1)C(=O)N[C@@H](CCC(=O)O)C(=O)N[C@@H](CC(=O)O)C(=O)N[C@@H](CC(=O)O)C(=O)O. The number of rotatable bonds is 38. The van der Waals surface area contributed by atoms with Crippen LogP contribution in [0.3, 0.4) is 0 Å². The highest BCUT2D eigenvalue weighted by Crippen LogP contribution is 2.21. The van der Waals surface area contributed by atoms with Crippen molar-refractivity contribution in [1.82, 2.24) is 63.4 Å². The van der Waals surface area contributed by atoms with Gasteiger partial charge in [-0.15, -0.1) is 0 Å². The zero-order chi connectivity index (χ0) is 66.9. The van der Waals surface area contributed by atoms with Gasteiger partial charge in [0.05, 0.1) is 51.2 Å². The van der Waals surface area contributed by atoms with Crippen LogP contribution in [0.15, 0.2) is 0 Å². The van der Waals surface area contributed by atoms with Gasteiger partial charge in [-0.25, -0.2) is 4.79 Å². The van der Waals surface area contributed by atoms with Gasteiger partial charge in [-0.2, -0.15) is 0 Å². The minimum absolute atomic E-state index is 0.183. The number of aliphatic hydroxyl groups is 1. The molecule has 40 nitrogen and oxygen atoms in total. The highest BCUT2D eigenvalue weighted by molar-refractivity contribution is 6.02. The number of carboxylic acid groups (broad SMARTS) is 4. The van der Waals surface area contributed by atoms with Crippen LogP contribution in [-0.4, -0.2) is 235 Å². The lowest BCUT2D eigenvalue weighted by Crippen LogP contribution is -2.61. The predicted octanol–water partition coefficient (Wildman–Crippen LogP) is -12.0. The van der Waals surface area contributed by atoms with E-state index < -0.39 is 237 Å². The Labute approximate surface area is 497 Å². The molecule has 2 saturated heterocycles. The summed E-state index contributed by atoms with van der Waals surface area (Å²) in [5.41, 5.74) is 21.2. The highest BCUT2D eigenvalue weighted by Gasteiger charge is 2.41. The van der Waals surface area contributed by atoms with E-state index in [0.29, 0.717) is 19.4 Å². The molecule has 2 aliphatic rings. The molecule has 0 aromatic heterocycles. The molecule has 0 aromatic carbocycles. The molecule has 0 aromatic rings. The van der Waals surface area contributed by atoms with Crippen LogP contribution >= 0.6 is 0 Å². The summed E-state index contributed by atoms with van der Waals surface area (Å²) in [7, 11) is 0. The molecule has 0 unspecified atom stereocenters. The molecular weight excluding hydrogens is 1180 g/mol. The molecule has 2 aliphatic heterocycles. The number of amides is 15. The number of hydrogen-bond acceptors (Lipinski definition) is 21. The van der Waals surface area contributed by atoms with E-state index in [0.717, 1.165) is 20.3 Å². The van der Waals surface area contributed by atoms with Crippen LogP contribution in [0.4, 0.5) is 0 Å². The van der Waals surface area contributed by atoms with Gasteiger partial charge in [-0.05, 0) is 52.5 Å². The van der Waals surface area contributed by atoms with E-state index in [9.17, 15) is 112 Å². The molecular formula is C48H72N16O24. The van der Waals surface area contributed by atoms with Gasteiger partial charge in [0, 0.05) is 13.0 Å². The number of aliphatic carboxylic acids is 4. The molecule has 488 valence electrons. The van der Waals surface area contributed by atoms with Gasteiger partial charge in [-0.3, -0.25) is 86.3 Å². The minimum Gasteiger partial charge on any atom is -0.481 e. The molecule has 2 fully saturated rings. The van der Waals surface area contributed by atoms with Gasteiger partial charge < -0.3 is 112 Å². The first-order valence-corrected chi connectivity index (χ1v) is 26.7. The molecule has 0 aliphatic carbocycles. The number of aliphatic hydroxyl groups excluding tert-OH is 1. The van der Waals surface area contributed by atoms with Crippen molar-refractivity contribution in [3.8, 4) is 0 Å². The summed E-state index contributed by atoms with van der Waals surface area (Å²) < 4.78 is 0. The van der Waals surface area contributed by atoms with Gasteiger partial charge in [0.25, 0.3) is 0 Å². The smallest absolute Gasteiger partial charge is 0.326 e. The van der Waals surface area contributed by atoms with E-state index in [2.05, 4.69) is 31.9 Å². The summed E-state index contributed by atoms with van der Waals surface area (Å²) in [4.78, 5) is 242. The van der Waals surface area contributed by atoms with Gasteiger partial charge in [0.1, 0.15) is 66.5 Å². The fourth-order valence-electron chi connectivity index (χ4n) is 8.51. The second-order valence-corrected chi connectivity index (χ2v) is 20.1. The van der Waals surface area contributed by atoms with Crippen molar-refractivity contribution >= 4 is 112 Å². The summed E-state index contributed by atoms with van der Waals surface area (Å²) in [5.74, 6) is -25.3. The molecule has 0 spiro atoms. The fourth-order valence-corrected chi connectivity index (χ4v) is 8.51. The first-order valence-electron chi connectivity index (χ1n) is 26.7. The van der Waals surface area contributed by atoms with Crippen LogP contribution in [0.2, 0.25) is 0 Å². The Morgan fingerprint density at radius 1 is 0.432 bits per heavy atom. The topological polar surface area (TPSA) is 665 Å². The zero-order valence-corrected chi connectivity index (χ0v) is 47.3. The van der Waals surface area contributed by atoms with Crippen LogP contribution in [0.5, 0.6) is 0 Å². The molecule has 0 radical (unpaired) electrons. The van der Waals surface area contributed by atoms with E-state index in [1.807, 2.05) is 21.3 Å². The number of primary amides is 4. The van der Waals surface area contributed by atoms with Crippen LogP contribution in [-0.2, 0) is 91.1 Å². The second kappa shape index (κ2) is 35.3. The monoisotopic (exact) mass is 1260 g/mol. The predicted molar refractivity (Wildman–Crippen MR) is 288 cm³/mol. The van der Waals surface area contributed by atoms with Crippen LogP contribution in [0.25, 0.3) is 0 Å². The molecule has 88 heavy (non-hydrogen) atoms. The quantitative estimate of drug-likeness (QED) is 0.0273. The molecule has 2 rings (SSSR count). The number of carbonyl (C=O) groups is 19. The summed E-state index contributed by atoms with van der Waals surface area (Å²) >= 11 is 0. The Balaban J connectivity index is 2.22. The van der Waals surface area contributed by atoms with E-state index in [-0.39, 0.29) is 18.9 Å². The molecule has 0 bridgehead atoms. The third-order valence-corrected chi connectivity index (χ3v) is 13.0. The number of nitrogens with one attached hydrogen (secondary N) is 11. The Bertz CT molecular complexity index is 2720. The summed E-state index contributed by atoms with van der Waals surface area (Å²) in [6.45, 7) is 1.48. The van der Waals surface area contributed by atoms with Crippen molar-refractivity contribution in [1.29, 1.82) is 0 Å². The van der Waals surface area contributed by atoms with Crippen molar-refractivity contribution in [2.75, 3.05) is 19.7 Å². The zero-order valence-electron chi connectivity index (χ0n) is 47.3. The van der Waals surface area contributed by atoms with Crippen LogP contribution in [0.1, 0.15) is 90.9 Å². The maximum absolute atomic E-state index is 13.6. The normalized spacial score (nSPS) is 17.6. The number of nitrogens with zero attached hydrogens (tertiary/aromatic N) is 1. The number of hydrogen-bond donors (Lipinski definition) is 20. The molecule has 0 saturated carbocycles. The average molecular weight is 1260 g/mol. The Morgan fingerprint density at radius 2 is 0.784 bits per heavy atom. The Morgan fingerprint density at radius 3 is 1.18 bits per heavy atom. The van der Waals surface area contributed by atoms with Gasteiger partial charge in [0.15, 0.2) is 0 Å². The summed E-state index contributed by atoms with van der Waals surface area (Å²) in [6.07, 6.45) is -6.19. The molecule has 24 N–H and O–H groups in total. The standard InChI is InChI=1S/C48H72N16O24/c1-18(37(76)54-19(2)38(77)56-20(7-8-34(70)71)39(78)60-26(15-35(72)73)44(83)62-27(48(87)88)16-36(74)75)55-40(79)22(11-30(49)66)57-41(80)23(12-31(50)67)59-45(84)28(17-65)63-43(82)24(13-32(51)68)58-42(81)25(14-33(52)69)61-46(85)29-6-4-10-64(29)47(86)21-5-3-9-53-21/h18-29,53,65H,3-17H2,1-2H3,(H2,49,66)(H2,50,67)(H2,51,68)(H2,52,69)(H,54,76)(H,55,79)(H,56,77)(H,57,80)(H,58,81)(H,59,84)(H,60,78)(H,61,85)(H,62,83)(H,63,82)(H,70,71)(H,72,73)(H,74,75)(H,87,88)/t18-,19-,20-,21-,22-,23-,24-,25-,26-,27-,28-,29-/m0/s1. The molecule has 15 amide bonds. The third-order valence-electron chi connectivity index (χ3n) is 13.0. The van der Waals surface area contributed by atoms with E-state index in [1.165, 1.54) is 4.90 Å². The van der Waals surface area contributed by atoms with E-state index >= 15 is 0 Å². The first-order chi connectivity index (χ1) is 41.0. The molecule has 40 heteroatoms. The van der Waals surface area contributed by atoms with Crippen LogP contribution < -0.4 is 81.4 Å². The number of carbonyl (C=O) groups excluding carboxylic acids is 15. The lowest BCUT2D eigenvalue weighted by molar-refractivity contribution is -0.148. The number of nitrogens with two attached hydrogens (primary N) is 4. The average Bonchev–Trinajstić information content (AvgIpc) is 4.05. The lowest BCUT2D eigenvalue weighted by atomic mass is 10.1. The second-order valence-electron chi connectivity index (χ2n) is 20.1. The minimum atomic E-state index is -2.13. The molecule has 12 atom stereocenters. The van der Waals surface area contributed by atoms with Gasteiger partial charge in [-0.1, -0.05) is 0 Å². The summed E-state index contributed by atoms with van der Waals surface area (Å²) in [5, 5.41) is 70.4. The Kier molecular flexibility index (Phi) is 29.7. The molecule has 2 heterocycles. The summed E-state index contributed by atoms with van der Waals surface area (Å²) in [6, 6.07) is -21.3. The number of likely N-dealkylation sites (tertiary alicyclic amines) is 1. The maximum Gasteiger partial charge on any atom is 0.326 e. The van der Waals surface area contributed by atoms with Crippen molar-refractivity contribution in [2.45, 2.75) is 163 Å². The van der Waals surface area contributed by atoms with Gasteiger partial charge in [0.2, 0.25) is 88.6 Å². The van der Waals surface area contributed by atoms with Crippen molar-refractivity contribution in [2.24, 2.45) is 22.9 Å². The Hall–Kier alpha value is -10.2. The van der Waals surface area contributed by atoms with E-state index in [4.69, 9.17) is 28.0 Å². The van der Waals surface area contributed by atoms with Crippen LogP contribution in [0, 0.1) is 0 Å². The fraction of sp³-hybridized carbons (Fsp3) is 0.604.